The van der Waals surface area contributed by atoms with E-state index in [0.29, 0.717) is 10.0 Å². The average molecular weight is 376 g/mol. The number of aryl methyl sites for hydroxylation is 2. The van der Waals surface area contributed by atoms with Crippen LogP contribution >= 0.6 is 23.2 Å². The molecular formula is C20H23Cl2N3. The predicted octanol–water partition coefficient (Wildman–Crippen LogP) is 4.76. The Kier molecular flexibility index (Phi) is 6.00. The van der Waals surface area contributed by atoms with Crippen molar-refractivity contribution in [2.45, 2.75) is 20.4 Å². The molecule has 1 heterocycles. The minimum absolute atomic E-state index is 0.559. The highest BCUT2D eigenvalue weighted by Gasteiger charge is 2.16. The Morgan fingerprint density at radius 2 is 1.72 bits per heavy atom. The van der Waals surface area contributed by atoms with Crippen molar-refractivity contribution in [3.05, 3.63) is 68.7 Å². The van der Waals surface area contributed by atoms with Crippen LogP contribution in [0.25, 0.3) is 0 Å². The van der Waals surface area contributed by atoms with Crippen molar-refractivity contribution >= 4 is 29.4 Å². The predicted molar refractivity (Wildman–Crippen MR) is 107 cm³/mol. The summed E-state index contributed by atoms with van der Waals surface area (Å²) in [6.07, 6.45) is 1.85. The first kappa shape index (κ1) is 18.2. The third-order valence-electron chi connectivity index (χ3n) is 4.55. The molecule has 1 aliphatic heterocycles. The number of hydrogen-bond acceptors (Lipinski definition) is 3. The third-order valence-corrected chi connectivity index (χ3v) is 5.29. The van der Waals surface area contributed by atoms with E-state index in [9.17, 15) is 0 Å². The van der Waals surface area contributed by atoms with Crippen molar-refractivity contribution in [3.63, 3.8) is 0 Å². The Labute approximate surface area is 159 Å². The summed E-state index contributed by atoms with van der Waals surface area (Å²) in [5.41, 5.74) is 5.08. The zero-order valence-electron chi connectivity index (χ0n) is 14.7. The topological polar surface area (TPSA) is 18.8 Å². The van der Waals surface area contributed by atoms with Gasteiger partial charge in [-0.1, -0.05) is 53.0 Å². The van der Waals surface area contributed by atoms with E-state index in [1.54, 1.807) is 6.07 Å². The number of rotatable bonds is 4. The van der Waals surface area contributed by atoms with Crippen molar-refractivity contribution in [1.29, 1.82) is 0 Å². The first-order valence-electron chi connectivity index (χ1n) is 8.54. The lowest BCUT2D eigenvalue weighted by molar-refractivity contribution is 0.131. The Hall–Kier alpha value is -1.55. The molecule has 0 bridgehead atoms. The SMILES string of the molecule is Cc1ccc(CN2CCN(/N=C\c3ccc(Cl)c(Cl)c3)CC2)c(C)c1. The van der Waals surface area contributed by atoms with Gasteiger partial charge in [-0.15, -0.1) is 0 Å². The van der Waals surface area contributed by atoms with Crippen LogP contribution in [-0.4, -0.2) is 42.3 Å². The van der Waals surface area contributed by atoms with Crippen molar-refractivity contribution in [3.8, 4) is 0 Å². The summed E-state index contributed by atoms with van der Waals surface area (Å²) in [4.78, 5) is 2.49. The van der Waals surface area contributed by atoms with E-state index >= 15 is 0 Å². The summed E-state index contributed by atoms with van der Waals surface area (Å²) >= 11 is 12.0. The summed E-state index contributed by atoms with van der Waals surface area (Å²) in [6.45, 7) is 9.25. The fourth-order valence-electron chi connectivity index (χ4n) is 3.02. The number of halogens is 2. The monoisotopic (exact) mass is 375 g/mol. The van der Waals surface area contributed by atoms with Crippen molar-refractivity contribution in [2.24, 2.45) is 5.10 Å². The Bertz CT molecular complexity index is 766. The maximum atomic E-state index is 6.04. The molecule has 2 aromatic carbocycles. The van der Waals surface area contributed by atoms with Gasteiger partial charge < -0.3 is 0 Å². The van der Waals surface area contributed by atoms with E-state index in [-0.39, 0.29) is 0 Å². The average Bonchev–Trinajstić information content (AvgIpc) is 2.60. The summed E-state index contributed by atoms with van der Waals surface area (Å²) in [6, 6.07) is 12.3. The van der Waals surface area contributed by atoms with Crippen molar-refractivity contribution in [2.75, 3.05) is 26.2 Å². The van der Waals surface area contributed by atoms with Crippen LogP contribution in [-0.2, 0) is 6.54 Å². The fraction of sp³-hybridized carbons (Fsp3) is 0.350. The van der Waals surface area contributed by atoms with Gasteiger partial charge in [0.05, 0.1) is 16.3 Å². The summed E-state index contributed by atoms with van der Waals surface area (Å²) in [5.74, 6) is 0. The molecule has 3 nitrogen and oxygen atoms in total. The van der Waals surface area contributed by atoms with E-state index in [2.05, 4.69) is 47.1 Å². The largest absolute Gasteiger partial charge is 0.295 e. The molecule has 1 fully saturated rings. The van der Waals surface area contributed by atoms with Crippen molar-refractivity contribution in [1.82, 2.24) is 9.91 Å². The van der Waals surface area contributed by atoms with Crippen molar-refractivity contribution < 1.29 is 0 Å². The Morgan fingerprint density at radius 1 is 0.960 bits per heavy atom. The minimum atomic E-state index is 0.559. The Morgan fingerprint density at radius 3 is 2.40 bits per heavy atom. The maximum absolute atomic E-state index is 6.04. The quantitative estimate of drug-likeness (QED) is 0.717. The van der Waals surface area contributed by atoms with Gasteiger partial charge in [0.15, 0.2) is 0 Å². The first-order valence-corrected chi connectivity index (χ1v) is 9.29. The molecule has 132 valence electrons. The second kappa shape index (κ2) is 8.22. The summed E-state index contributed by atoms with van der Waals surface area (Å²) < 4.78 is 0. The molecule has 0 unspecified atom stereocenters. The minimum Gasteiger partial charge on any atom is -0.295 e. The Balaban J connectivity index is 1.53. The highest BCUT2D eigenvalue weighted by molar-refractivity contribution is 6.42. The van der Waals surface area contributed by atoms with Crippen LogP contribution in [0.3, 0.4) is 0 Å². The lowest BCUT2D eigenvalue weighted by Gasteiger charge is -2.33. The number of hydrogen-bond donors (Lipinski definition) is 0. The molecule has 0 radical (unpaired) electrons. The zero-order valence-corrected chi connectivity index (χ0v) is 16.2. The molecule has 0 aliphatic carbocycles. The van der Waals surface area contributed by atoms with E-state index in [1.807, 2.05) is 18.3 Å². The van der Waals surface area contributed by atoms with E-state index in [4.69, 9.17) is 23.2 Å². The van der Waals surface area contributed by atoms with Gasteiger partial charge in [0.25, 0.3) is 0 Å². The van der Waals surface area contributed by atoms with Gasteiger partial charge >= 0.3 is 0 Å². The molecule has 0 aromatic heterocycles. The van der Waals surface area contributed by atoms with Gasteiger partial charge in [-0.05, 0) is 42.7 Å². The molecular weight excluding hydrogens is 353 g/mol. The van der Waals surface area contributed by atoms with Crippen LogP contribution in [0, 0.1) is 13.8 Å². The highest BCUT2D eigenvalue weighted by atomic mass is 35.5. The van der Waals surface area contributed by atoms with Crippen LogP contribution in [0.2, 0.25) is 10.0 Å². The number of hydrazone groups is 1. The molecule has 2 aromatic rings. The van der Waals surface area contributed by atoms with E-state index < -0.39 is 0 Å². The normalized spacial score (nSPS) is 15.9. The molecule has 0 spiro atoms. The lowest BCUT2D eigenvalue weighted by atomic mass is 10.1. The second-order valence-electron chi connectivity index (χ2n) is 6.58. The maximum Gasteiger partial charge on any atom is 0.0598 e. The molecule has 0 saturated carbocycles. The summed E-state index contributed by atoms with van der Waals surface area (Å²) in [5, 5.41) is 7.81. The van der Waals surface area contributed by atoms with Gasteiger partial charge in [0.2, 0.25) is 0 Å². The van der Waals surface area contributed by atoms with Crippen LogP contribution in [0.1, 0.15) is 22.3 Å². The molecule has 3 rings (SSSR count). The van der Waals surface area contributed by atoms with Gasteiger partial charge in [-0.2, -0.15) is 5.10 Å². The third kappa shape index (κ3) is 4.97. The molecule has 0 amide bonds. The van der Waals surface area contributed by atoms with Crippen LogP contribution < -0.4 is 0 Å². The summed E-state index contributed by atoms with van der Waals surface area (Å²) in [7, 11) is 0. The van der Waals surface area contributed by atoms with Crippen LogP contribution in [0.15, 0.2) is 41.5 Å². The zero-order chi connectivity index (χ0) is 17.8. The lowest BCUT2D eigenvalue weighted by Crippen LogP contribution is -2.43. The molecule has 25 heavy (non-hydrogen) atoms. The molecule has 0 atom stereocenters. The fourth-order valence-corrected chi connectivity index (χ4v) is 3.32. The molecule has 1 aliphatic rings. The number of piperazine rings is 1. The van der Waals surface area contributed by atoms with Gasteiger partial charge in [0.1, 0.15) is 0 Å². The smallest absolute Gasteiger partial charge is 0.0598 e. The number of nitrogens with zero attached hydrogens (tertiary/aromatic N) is 3. The van der Waals surface area contributed by atoms with Gasteiger partial charge in [-0.3, -0.25) is 9.91 Å². The van der Waals surface area contributed by atoms with E-state index in [0.717, 1.165) is 38.3 Å². The highest BCUT2D eigenvalue weighted by Crippen LogP contribution is 2.22. The van der Waals surface area contributed by atoms with E-state index in [1.165, 1.54) is 16.7 Å². The first-order chi connectivity index (χ1) is 12.0. The standard InChI is InChI=1S/C20H23Cl2N3/c1-15-3-5-18(16(2)11-15)14-24-7-9-25(10-8-24)23-13-17-4-6-19(21)20(22)12-17/h3-6,11-13H,7-10,14H2,1-2H3/b23-13-. The van der Waals surface area contributed by atoms with Gasteiger partial charge in [0, 0.05) is 32.7 Å². The number of benzene rings is 2. The van der Waals surface area contributed by atoms with Crippen LogP contribution in [0.4, 0.5) is 0 Å². The second-order valence-corrected chi connectivity index (χ2v) is 7.39. The molecule has 5 heteroatoms. The van der Waals surface area contributed by atoms with Crippen LogP contribution in [0.5, 0.6) is 0 Å². The molecule has 1 saturated heterocycles. The molecule has 0 N–H and O–H groups in total. The van der Waals surface area contributed by atoms with Gasteiger partial charge in [-0.25, -0.2) is 0 Å².